The second-order valence-corrected chi connectivity index (χ2v) is 4.07. The van der Waals surface area contributed by atoms with Crippen LogP contribution in [-0.4, -0.2) is 23.2 Å². The van der Waals surface area contributed by atoms with Gasteiger partial charge in [0, 0.05) is 13.1 Å². The van der Waals surface area contributed by atoms with Crippen molar-refractivity contribution in [2.24, 2.45) is 5.29 Å². The normalized spacial score (nSPS) is 19.5. The van der Waals surface area contributed by atoms with Crippen molar-refractivity contribution in [2.45, 2.75) is 18.4 Å². The van der Waals surface area contributed by atoms with Gasteiger partial charge in [-0.2, -0.15) is 0 Å². The zero-order valence-corrected chi connectivity index (χ0v) is 8.77. The molecule has 86 valence electrons. The molecule has 1 N–H and O–H groups in total. The predicted octanol–water partition coefficient (Wildman–Crippen LogP) is 1.79. The molecule has 0 saturated carbocycles. The standard InChI is InChI=1S/C11H13FN2O2/c12-10-3-1-9(2-4-10)11(15)5-7-14(13-16)8-6-11/h1-4,15H,5-8H2. The predicted molar refractivity (Wildman–Crippen MR) is 56.9 cm³/mol. The molecule has 1 aliphatic heterocycles. The van der Waals surface area contributed by atoms with E-state index in [0.29, 0.717) is 31.5 Å². The van der Waals surface area contributed by atoms with Gasteiger partial charge in [-0.3, -0.25) is 5.01 Å². The van der Waals surface area contributed by atoms with E-state index < -0.39 is 5.60 Å². The molecule has 0 unspecified atom stereocenters. The fraction of sp³-hybridized carbons (Fsp3) is 0.455. The lowest BCUT2D eigenvalue weighted by atomic mass is 9.85. The summed E-state index contributed by atoms with van der Waals surface area (Å²) in [6.07, 6.45) is 0.870. The summed E-state index contributed by atoms with van der Waals surface area (Å²) in [4.78, 5) is 10.3. The molecular formula is C11H13FN2O2. The maximum absolute atomic E-state index is 12.7. The van der Waals surface area contributed by atoms with E-state index >= 15 is 0 Å². The van der Waals surface area contributed by atoms with Crippen molar-refractivity contribution < 1.29 is 9.50 Å². The van der Waals surface area contributed by atoms with Gasteiger partial charge in [0.25, 0.3) is 0 Å². The molecule has 16 heavy (non-hydrogen) atoms. The van der Waals surface area contributed by atoms with E-state index in [0.717, 1.165) is 0 Å². The Morgan fingerprint density at radius 1 is 1.25 bits per heavy atom. The van der Waals surface area contributed by atoms with Gasteiger partial charge in [-0.05, 0) is 30.5 Å². The van der Waals surface area contributed by atoms with Crippen LogP contribution in [0.1, 0.15) is 18.4 Å². The van der Waals surface area contributed by atoms with Crippen LogP contribution >= 0.6 is 0 Å². The molecule has 0 radical (unpaired) electrons. The molecule has 0 bridgehead atoms. The van der Waals surface area contributed by atoms with Crippen LogP contribution in [0.3, 0.4) is 0 Å². The lowest BCUT2D eigenvalue weighted by molar-refractivity contribution is -0.0258. The van der Waals surface area contributed by atoms with Gasteiger partial charge in [0.1, 0.15) is 5.82 Å². The second-order valence-electron chi connectivity index (χ2n) is 4.07. The largest absolute Gasteiger partial charge is 0.385 e. The Morgan fingerprint density at radius 2 is 1.81 bits per heavy atom. The Morgan fingerprint density at radius 3 is 2.31 bits per heavy atom. The van der Waals surface area contributed by atoms with Gasteiger partial charge in [0.05, 0.1) is 10.9 Å². The Labute approximate surface area is 92.6 Å². The van der Waals surface area contributed by atoms with Gasteiger partial charge in [-0.15, -0.1) is 4.91 Å². The Hall–Kier alpha value is -1.49. The second kappa shape index (κ2) is 4.17. The van der Waals surface area contributed by atoms with Crippen molar-refractivity contribution in [1.29, 1.82) is 0 Å². The van der Waals surface area contributed by atoms with Crippen LogP contribution in [0.5, 0.6) is 0 Å². The summed E-state index contributed by atoms with van der Waals surface area (Å²) in [5.41, 5.74) is -0.269. The van der Waals surface area contributed by atoms with Crippen molar-refractivity contribution in [1.82, 2.24) is 5.01 Å². The van der Waals surface area contributed by atoms with E-state index in [4.69, 9.17) is 0 Å². The highest BCUT2D eigenvalue weighted by Crippen LogP contribution is 2.32. The molecule has 1 aromatic rings. The number of piperidine rings is 1. The molecule has 1 heterocycles. The van der Waals surface area contributed by atoms with Gasteiger partial charge in [0.2, 0.25) is 0 Å². The molecule has 5 heteroatoms. The molecule has 0 aromatic heterocycles. The van der Waals surface area contributed by atoms with Gasteiger partial charge in [0.15, 0.2) is 0 Å². The summed E-state index contributed by atoms with van der Waals surface area (Å²) in [7, 11) is 0. The highest BCUT2D eigenvalue weighted by molar-refractivity contribution is 5.23. The number of halogens is 1. The lowest BCUT2D eigenvalue weighted by Gasteiger charge is -2.35. The van der Waals surface area contributed by atoms with Crippen LogP contribution in [0.4, 0.5) is 4.39 Å². The Bertz CT molecular complexity index is 372. The average molecular weight is 224 g/mol. The first kappa shape index (κ1) is 11.0. The number of hydrogen-bond acceptors (Lipinski definition) is 3. The van der Waals surface area contributed by atoms with Crippen LogP contribution in [0, 0.1) is 10.7 Å². The first-order chi connectivity index (χ1) is 7.64. The van der Waals surface area contributed by atoms with Crippen molar-refractivity contribution in [3.8, 4) is 0 Å². The highest BCUT2D eigenvalue weighted by atomic mass is 19.1. The minimum Gasteiger partial charge on any atom is -0.385 e. The SMILES string of the molecule is O=NN1CCC(O)(c2ccc(F)cc2)CC1. The third kappa shape index (κ3) is 2.04. The number of nitroso groups, excluding NO2 is 1. The molecule has 2 rings (SSSR count). The van der Waals surface area contributed by atoms with Crippen LogP contribution in [-0.2, 0) is 5.60 Å². The van der Waals surface area contributed by atoms with Crippen LogP contribution in [0.15, 0.2) is 29.6 Å². The summed E-state index contributed by atoms with van der Waals surface area (Å²) in [6.45, 7) is 0.856. The molecular weight excluding hydrogens is 211 g/mol. The van der Waals surface area contributed by atoms with E-state index in [1.165, 1.54) is 17.1 Å². The van der Waals surface area contributed by atoms with Crippen LogP contribution in [0.25, 0.3) is 0 Å². The Kier molecular flexibility index (Phi) is 2.87. The van der Waals surface area contributed by atoms with Crippen molar-refractivity contribution in [2.75, 3.05) is 13.1 Å². The fourth-order valence-electron chi connectivity index (χ4n) is 2.00. The number of aliphatic hydroxyl groups is 1. The third-order valence-electron chi connectivity index (χ3n) is 3.06. The number of rotatable bonds is 2. The molecule has 0 spiro atoms. The number of nitrogens with zero attached hydrogens (tertiary/aromatic N) is 2. The van der Waals surface area contributed by atoms with E-state index in [-0.39, 0.29) is 5.82 Å². The van der Waals surface area contributed by atoms with E-state index in [1.807, 2.05) is 0 Å². The Balaban J connectivity index is 2.14. The average Bonchev–Trinajstić information content (AvgIpc) is 2.31. The van der Waals surface area contributed by atoms with Crippen molar-refractivity contribution in [3.63, 3.8) is 0 Å². The summed E-state index contributed by atoms with van der Waals surface area (Å²) >= 11 is 0. The molecule has 0 aliphatic carbocycles. The molecule has 1 aromatic carbocycles. The summed E-state index contributed by atoms with van der Waals surface area (Å²) in [6, 6.07) is 5.83. The van der Waals surface area contributed by atoms with E-state index in [9.17, 15) is 14.4 Å². The topological polar surface area (TPSA) is 52.9 Å². The molecule has 1 fully saturated rings. The maximum Gasteiger partial charge on any atom is 0.123 e. The minimum absolute atomic E-state index is 0.320. The summed E-state index contributed by atoms with van der Waals surface area (Å²) < 4.78 is 12.7. The van der Waals surface area contributed by atoms with E-state index in [2.05, 4.69) is 5.29 Å². The molecule has 1 saturated heterocycles. The number of benzene rings is 1. The first-order valence-electron chi connectivity index (χ1n) is 5.21. The highest BCUT2D eigenvalue weighted by Gasteiger charge is 2.34. The van der Waals surface area contributed by atoms with E-state index in [1.54, 1.807) is 12.1 Å². The fourth-order valence-corrected chi connectivity index (χ4v) is 2.00. The number of hydrogen-bond donors (Lipinski definition) is 1. The van der Waals surface area contributed by atoms with Gasteiger partial charge in [-0.1, -0.05) is 12.1 Å². The monoisotopic (exact) mass is 224 g/mol. The molecule has 1 aliphatic rings. The van der Waals surface area contributed by atoms with Gasteiger partial charge < -0.3 is 5.11 Å². The maximum atomic E-state index is 12.7. The quantitative estimate of drug-likeness (QED) is 0.779. The lowest BCUT2D eigenvalue weighted by Crippen LogP contribution is -2.40. The summed E-state index contributed by atoms with van der Waals surface area (Å²) in [5.74, 6) is -0.320. The smallest absolute Gasteiger partial charge is 0.123 e. The molecule has 0 amide bonds. The minimum atomic E-state index is -0.963. The van der Waals surface area contributed by atoms with Crippen molar-refractivity contribution >= 4 is 0 Å². The van der Waals surface area contributed by atoms with Gasteiger partial charge >= 0.3 is 0 Å². The zero-order valence-electron chi connectivity index (χ0n) is 8.77. The third-order valence-corrected chi connectivity index (χ3v) is 3.06. The molecule has 4 nitrogen and oxygen atoms in total. The molecule has 0 atom stereocenters. The zero-order chi connectivity index (χ0) is 11.6. The summed E-state index contributed by atoms with van der Waals surface area (Å²) in [5, 5.41) is 14.6. The van der Waals surface area contributed by atoms with Gasteiger partial charge in [-0.25, -0.2) is 4.39 Å². The van der Waals surface area contributed by atoms with Crippen LogP contribution < -0.4 is 0 Å². The van der Waals surface area contributed by atoms with Crippen LogP contribution in [0.2, 0.25) is 0 Å². The van der Waals surface area contributed by atoms with Crippen molar-refractivity contribution in [3.05, 3.63) is 40.6 Å². The first-order valence-corrected chi connectivity index (χ1v) is 5.21.